The average Bonchev–Trinajstić information content (AvgIpc) is 3.17. The largest absolute Gasteiger partial charge is 0.398 e. The maximum absolute atomic E-state index is 12.8. The number of amidine groups is 1. The van der Waals surface area contributed by atoms with Gasteiger partial charge in [-0.3, -0.25) is 9.79 Å². The summed E-state index contributed by atoms with van der Waals surface area (Å²) in [5.74, 6) is 1.00. The molecule has 2 aromatic carbocycles. The number of carbonyl (C=O) groups is 1. The van der Waals surface area contributed by atoms with Crippen LogP contribution in [0.1, 0.15) is 27.5 Å². The van der Waals surface area contributed by atoms with Crippen molar-refractivity contribution >= 4 is 40.0 Å². The van der Waals surface area contributed by atoms with E-state index in [0.717, 1.165) is 29.6 Å². The van der Waals surface area contributed by atoms with Crippen LogP contribution in [0.3, 0.4) is 0 Å². The molecule has 0 radical (unpaired) electrons. The van der Waals surface area contributed by atoms with E-state index < -0.39 is 0 Å². The van der Waals surface area contributed by atoms with E-state index in [-0.39, 0.29) is 11.8 Å². The van der Waals surface area contributed by atoms with Crippen molar-refractivity contribution in [1.29, 1.82) is 0 Å². The van der Waals surface area contributed by atoms with Crippen LogP contribution in [0.2, 0.25) is 5.02 Å². The Hall–Kier alpha value is -1.98. The van der Waals surface area contributed by atoms with E-state index in [0.29, 0.717) is 21.8 Å². The molecule has 2 aliphatic heterocycles. The van der Waals surface area contributed by atoms with E-state index in [9.17, 15) is 4.79 Å². The van der Waals surface area contributed by atoms with Gasteiger partial charge in [0.05, 0.1) is 6.04 Å². The molecule has 0 amide bonds. The zero-order chi connectivity index (χ0) is 16.7. The van der Waals surface area contributed by atoms with Crippen LogP contribution in [-0.4, -0.2) is 34.7 Å². The summed E-state index contributed by atoms with van der Waals surface area (Å²) in [6.07, 6.45) is 0. The summed E-state index contributed by atoms with van der Waals surface area (Å²) in [6.45, 7) is 1.87. The molecule has 1 atom stereocenters. The SMILES string of the molecule is Nc1c(C(=O)c2ccc(Cl)cc2)cccc1C1CN2CCSC2=N1. The van der Waals surface area contributed by atoms with Gasteiger partial charge in [0.1, 0.15) is 0 Å². The molecule has 0 spiro atoms. The van der Waals surface area contributed by atoms with Gasteiger partial charge in [-0.15, -0.1) is 0 Å². The van der Waals surface area contributed by atoms with Gasteiger partial charge in [-0.05, 0) is 30.3 Å². The van der Waals surface area contributed by atoms with Crippen molar-refractivity contribution < 1.29 is 4.79 Å². The third-order valence-electron chi connectivity index (χ3n) is 4.37. The molecule has 0 aliphatic carbocycles. The van der Waals surface area contributed by atoms with Gasteiger partial charge in [-0.25, -0.2) is 0 Å². The third kappa shape index (κ3) is 2.68. The number of para-hydroxylation sites is 1. The first-order chi connectivity index (χ1) is 11.6. The average molecular weight is 358 g/mol. The van der Waals surface area contributed by atoms with Gasteiger partial charge in [0.15, 0.2) is 11.0 Å². The highest BCUT2D eigenvalue weighted by atomic mass is 35.5. The minimum absolute atomic E-state index is 0.00534. The van der Waals surface area contributed by atoms with Gasteiger partial charge in [0, 0.05) is 46.2 Å². The van der Waals surface area contributed by atoms with E-state index >= 15 is 0 Å². The molecule has 0 saturated carbocycles. The summed E-state index contributed by atoms with van der Waals surface area (Å²) in [7, 11) is 0. The molecule has 1 fully saturated rings. The molecule has 4 nitrogen and oxygen atoms in total. The summed E-state index contributed by atoms with van der Waals surface area (Å²) in [6, 6.07) is 12.5. The number of nitrogens with two attached hydrogens (primary N) is 1. The molecule has 2 heterocycles. The lowest BCUT2D eigenvalue weighted by Gasteiger charge is -2.16. The zero-order valence-corrected chi connectivity index (χ0v) is 14.5. The summed E-state index contributed by atoms with van der Waals surface area (Å²) in [4.78, 5) is 19.8. The highest BCUT2D eigenvalue weighted by Gasteiger charge is 2.31. The summed E-state index contributed by atoms with van der Waals surface area (Å²) in [5.41, 5.74) is 8.90. The van der Waals surface area contributed by atoms with Gasteiger partial charge in [0.25, 0.3) is 0 Å². The smallest absolute Gasteiger partial charge is 0.195 e. The normalized spacial score (nSPS) is 19.3. The second-order valence-electron chi connectivity index (χ2n) is 5.87. The minimum Gasteiger partial charge on any atom is -0.398 e. The fourth-order valence-corrected chi connectivity index (χ4v) is 4.27. The minimum atomic E-state index is -0.0912. The quantitative estimate of drug-likeness (QED) is 0.673. The lowest BCUT2D eigenvalue weighted by Crippen LogP contribution is -2.22. The maximum Gasteiger partial charge on any atom is 0.195 e. The van der Waals surface area contributed by atoms with Crippen LogP contribution in [-0.2, 0) is 0 Å². The van der Waals surface area contributed by atoms with Crippen molar-refractivity contribution in [3.05, 3.63) is 64.2 Å². The van der Waals surface area contributed by atoms with Crippen LogP contribution >= 0.6 is 23.4 Å². The number of benzene rings is 2. The number of ketones is 1. The zero-order valence-electron chi connectivity index (χ0n) is 12.9. The lowest BCUT2D eigenvalue weighted by molar-refractivity contribution is 0.103. The number of hydrogen-bond acceptors (Lipinski definition) is 5. The molecule has 0 aromatic heterocycles. The number of carbonyl (C=O) groups excluding carboxylic acids is 1. The van der Waals surface area contributed by atoms with Gasteiger partial charge in [0.2, 0.25) is 0 Å². The van der Waals surface area contributed by atoms with Crippen molar-refractivity contribution in [2.75, 3.05) is 24.6 Å². The fourth-order valence-electron chi connectivity index (χ4n) is 3.10. The Morgan fingerprint density at radius 2 is 2.04 bits per heavy atom. The van der Waals surface area contributed by atoms with Crippen LogP contribution in [0.25, 0.3) is 0 Å². The number of hydrogen-bond donors (Lipinski definition) is 1. The van der Waals surface area contributed by atoms with Crippen LogP contribution in [0.4, 0.5) is 5.69 Å². The summed E-state index contributed by atoms with van der Waals surface area (Å²) >= 11 is 7.68. The van der Waals surface area contributed by atoms with Crippen molar-refractivity contribution in [1.82, 2.24) is 4.90 Å². The molecule has 24 heavy (non-hydrogen) atoms. The monoisotopic (exact) mass is 357 g/mol. The summed E-state index contributed by atoms with van der Waals surface area (Å²) in [5, 5.41) is 1.70. The Bertz CT molecular complexity index is 835. The molecule has 1 saturated heterocycles. The highest BCUT2D eigenvalue weighted by molar-refractivity contribution is 8.14. The van der Waals surface area contributed by atoms with Gasteiger partial charge in [-0.2, -0.15) is 0 Å². The molecular formula is C18H16ClN3OS. The number of halogens is 1. The number of thioether (sulfide) groups is 1. The number of nitrogens with zero attached hydrogens (tertiary/aromatic N) is 2. The lowest BCUT2D eigenvalue weighted by atomic mass is 9.96. The van der Waals surface area contributed by atoms with Crippen LogP contribution in [0.15, 0.2) is 47.5 Å². The standard InChI is InChI=1S/C18H16ClN3OS/c19-12-6-4-11(5-7-12)17(23)14-3-1-2-13(16(14)20)15-10-22-8-9-24-18(22)21-15/h1-7,15H,8-10,20H2. The van der Waals surface area contributed by atoms with Gasteiger partial charge in [-0.1, -0.05) is 35.5 Å². The maximum atomic E-state index is 12.8. The predicted molar refractivity (Wildman–Crippen MR) is 99.9 cm³/mol. The number of anilines is 1. The number of nitrogen functional groups attached to an aromatic ring is 1. The molecule has 0 bridgehead atoms. The first-order valence-corrected chi connectivity index (χ1v) is 9.14. The van der Waals surface area contributed by atoms with Crippen LogP contribution in [0.5, 0.6) is 0 Å². The second kappa shape index (κ2) is 6.15. The second-order valence-corrected chi connectivity index (χ2v) is 7.36. The molecule has 6 heteroatoms. The van der Waals surface area contributed by atoms with Crippen molar-refractivity contribution in [3.63, 3.8) is 0 Å². The van der Waals surface area contributed by atoms with E-state index in [1.54, 1.807) is 42.1 Å². The predicted octanol–water partition coefficient (Wildman–Crippen LogP) is 3.61. The third-order valence-corrected chi connectivity index (χ3v) is 5.63. The first-order valence-electron chi connectivity index (χ1n) is 7.77. The Kier molecular flexibility index (Phi) is 3.98. The van der Waals surface area contributed by atoms with E-state index in [4.69, 9.17) is 22.3 Å². The summed E-state index contributed by atoms with van der Waals surface area (Å²) < 4.78 is 0. The van der Waals surface area contributed by atoms with E-state index in [1.165, 1.54) is 0 Å². The van der Waals surface area contributed by atoms with Crippen molar-refractivity contribution in [2.24, 2.45) is 4.99 Å². The fraction of sp³-hybridized carbons (Fsp3) is 0.222. The number of fused-ring (bicyclic) bond motifs is 1. The first kappa shape index (κ1) is 15.5. The molecule has 1 unspecified atom stereocenters. The van der Waals surface area contributed by atoms with Crippen LogP contribution in [0, 0.1) is 0 Å². The van der Waals surface area contributed by atoms with Crippen molar-refractivity contribution in [2.45, 2.75) is 6.04 Å². The molecule has 122 valence electrons. The van der Waals surface area contributed by atoms with Crippen LogP contribution < -0.4 is 5.73 Å². The Morgan fingerprint density at radius 1 is 1.25 bits per heavy atom. The van der Waals surface area contributed by atoms with Gasteiger partial charge < -0.3 is 10.6 Å². The Balaban J connectivity index is 1.67. The number of rotatable bonds is 3. The van der Waals surface area contributed by atoms with Crippen molar-refractivity contribution in [3.8, 4) is 0 Å². The number of aliphatic imine (C=N–C) groups is 1. The topological polar surface area (TPSA) is 58.7 Å². The van der Waals surface area contributed by atoms with Gasteiger partial charge >= 0.3 is 0 Å². The molecule has 2 aromatic rings. The molecule has 2 aliphatic rings. The Labute approximate surface area is 149 Å². The molecule has 4 rings (SSSR count). The molecule has 2 N–H and O–H groups in total. The van der Waals surface area contributed by atoms with E-state index in [1.807, 2.05) is 12.1 Å². The van der Waals surface area contributed by atoms with E-state index in [2.05, 4.69) is 4.90 Å². The highest BCUT2D eigenvalue weighted by Crippen LogP contribution is 2.36. The molecular weight excluding hydrogens is 342 g/mol. The Morgan fingerprint density at radius 3 is 2.79 bits per heavy atom.